The van der Waals surface area contributed by atoms with Crippen molar-refractivity contribution >= 4 is 28.9 Å². The predicted molar refractivity (Wildman–Crippen MR) is 112 cm³/mol. The summed E-state index contributed by atoms with van der Waals surface area (Å²) < 4.78 is 24.7. The summed E-state index contributed by atoms with van der Waals surface area (Å²) in [4.78, 5) is 31.1. The van der Waals surface area contributed by atoms with E-state index in [9.17, 15) is 14.0 Å². The second-order valence-corrected chi connectivity index (χ2v) is 7.39. The van der Waals surface area contributed by atoms with Crippen LogP contribution in [-0.4, -0.2) is 36.0 Å². The summed E-state index contributed by atoms with van der Waals surface area (Å²) in [5, 5.41) is 0. The fourth-order valence-electron chi connectivity index (χ4n) is 3.44. The number of rotatable bonds is 5. The second kappa shape index (κ2) is 9.03. The molecule has 31 heavy (non-hydrogen) atoms. The van der Waals surface area contributed by atoms with E-state index in [1.54, 1.807) is 6.07 Å². The van der Waals surface area contributed by atoms with Crippen molar-refractivity contribution in [2.45, 2.75) is 25.9 Å². The fourth-order valence-corrected chi connectivity index (χ4v) is 3.44. The summed E-state index contributed by atoms with van der Waals surface area (Å²) in [5.41, 5.74) is 6.32. The summed E-state index contributed by atoms with van der Waals surface area (Å²) in [6.07, 6.45) is 0.224. The molecule has 162 valence electrons. The van der Waals surface area contributed by atoms with Gasteiger partial charge in [-0.05, 0) is 44.0 Å². The zero-order valence-corrected chi connectivity index (χ0v) is 17.0. The molecule has 0 spiro atoms. The number of benzene rings is 2. The van der Waals surface area contributed by atoms with Crippen LogP contribution in [-0.2, 0) is 9.59 Å². The van der Waals surface area contributed by atoms with Gasteiger partial charge in [0.05, 0.1) is 0 Å². The number of carbonyl (C=O) groups excluding carboxylic acids is 2. The number of para-hydroxylation sites is 3. The average Bonchev–Trinajstić information content (AvgIpc) is 3.23. The van der Waals surface area contributed by atoms with E-state index in [1.807, 2.05) is 29.2 Å². The van der Waals surface area contributed by atoms with Gasteiger partial charge in [0.15, 0.2) is 23.3 Å². The van der Waals surface area contributed by atoms with Crippen LogP contribution in [0.1, 0.15) is 19.8 Å². The number of oxazole rings is 1. The first kappa shape index (κ1) is 20.6. The first-order valence-corrected chi connectivity index (χ1v) is 10.1. The number of ether oxygens (including phenoxy) is 1. The standard InChI is InChI=1S/C22H23FN4O4/c1-14(30-18-8-4-2-6-16(18)23)20(28)25-26-21(29)15-10-12-27(13-11-15)22-24-17-7-3-5-9-19(17)31-22/h2-9,14-15H,10-13H2,1H3,(H,25,28)(H,26,29). The molecule has 0 saturated carbocycles. The molecule has 0 aliphatic carbocycles. The lowest BCUT2D eigenvalue weighted by Gasteiger charge is -2.30. The largest absolute Gasteiger partial charge is 0.478 e. The molecular weight excluding hydrogens is 403 g/mol. The Morgan fingerprint density at radius 2 is 1.84 bits per heavy atom. The number of aromatic nitrogens is 1. The zero-order chi connectivity index (χ0) is 21.8. The minimum absolute atomic E-state index is 0.0250. The van der Waals surface area contributed by atoms with Crippen LogP contribution < -0.4 is 20.5 Å². The molecular formula is C22H23FN4O4. The van der Waals surface area contributed by atoms with Crippen molar-refractivity contribution in [1.29, 1.82) is 0 Å². The molecule has 8 nitrogen and oxygen atoms in total. The van der Waals surface area contributed by atoms with E-state index in [0.29, 0.717) is 31.9 Å². The molecule has 1 atom stereocenters. The fraction of sp³-hybridized carbons (Fsp3) is 0.318. The molecule has 0 radical (unpaired) electrons. The predicted octanol–water partition coefficient (Wildman–Crippen LogP) is 2.80. The van der Waals surface area contributed by atoms with Crippen LogP contribution in [0.5, 0.6) is 5.75 Å². The van der Waals surface area contributed by atoms with Crippen LogP contribution >= 0.6 is 0 Å². The Kier molecular flexibility index (Phi) is 6.01. The van der Waals surface area contributed by atoms with Crippen LogP contribution in [0.3, 0.4) is 0 Å². The van der Waals surface area contributed by atoms with Crippen LogP contribution in [0.4, 0.5) is 10.4 Å². The number of hydrogen-bond acceptors (Lipinski definition) is 6. The average molecular weight is 426 g/mol. The van der Waals surface area contributed by atoms with Crippen molar-refractivity contribution in [3.8, 4) is 5.75 Å². The summed E-state index contributed by atoms with van der Waals surface area (Å²) >= 11 is 0. The van der Waals surface area contributed by atoms with Crippen molar-refractivity contribution in [1.82, 2.24) is 15.8 Å². The van der Waals surface area contributed by atoms with Crippen molar-refractivity contribution in [3.63, 3.8) is 0 Å². The number of piperidine rings is 1. The maximum atomic E-state index is 13.6. The van der Waals surface area contributed by atoms with E-state index >= 15 is 0 Å². The van der Waals surface area contributed by atoms with Crippen molar-refractivity contribution < 1.29 is 23.1 Å². The Balaban J connectivity index is 1.24. The minimum atomic E-state index is -0.974. The first-order valence-electron chi connectivity index (χ1n) is 10.1. The van der Waals surface area contributed by atoms with Crippen molar-refractivity contribution in [2.24, 2.45) is 5.92 Å². The van der Waals surface area contributed by atoms with Gasteiger partial charge in [0.2, 0.25) is 5.91 Å². The Bertz CT molecular complexity index is 1050. The van der Waals surface area contributed by atoms with Gasteiger partial charge < -0.3 is 14.1 Å². The summed E-state index contributed by atoms with van der Waals surface area (Å²) in [5.74, 6) is -1.67. The Labute approximate surface area is 178 Å². The molecule has 1 aliphatic heterocycles. The summed E-state index contributed by atoms with van der Waals surface area (Å²) in [7, 11) is 0. The molecule has 1 unspecified atom stereocenters. The Morgan fingerprint density at radius 1 is 1.13 bits per heavy atom. The number of nitrogens with one attached hydrogen (secondary N) is 2. The number of fused-ring (bicyclic) bond motifs is 1. The number of halogens is 1. The molecule has 4 rings (SSSR count). The van der Waals surface area contributed by atoms with Gasteiger partial charge in [-0.3, -0.25) is 20.4 Å². The lowest BCUT2D eigenvalue weighted by molar-refractivity contribution is -0.134. The maximum Gasteiger partial charge on any atom is 0.298 e. The van der Waals surface area contributed by atoms with Gasteiger partial charge in [-0.2, -0.15) is 4.98 Å². The highest BCUT2D eigenvalue weighted by atomic mass is 19.1. The van der Waals surface area contributed by atoms with E-state index in [-0.39, 0.29) is 17.6 Å². The smallest absolute Gasteiger partial charge is 0.298 e. The highest BCUT2D eigenvalue weighted by Crippen LogP contribution is 2.26. The van der Waals surface area contributed by atoms with Crippen molar-refractivity contribution in [2.75, 3.05) is 18.0 Å². The third kappa shape index (κ3) is 4.76. The van der Waals surface area contributed by atoms with E-state index in [0.717, 1.165) is 11.1 Å². The number of anilines is 1. The number of carbonyl (C=O) groups is 2. The maximum absolute atomic E-state index is 13.6. The Hall–Kier alpha value is -3.62. The van der Waals surface area contributed by atoms with Crippen LogP contribution in [0.2, 0.25) is 0 Å². The molecule has 2 N–H and O–H groups in total. The van der Waals surface area contributed by atoms with Crippen LogP contribution in [0.25, 0.3) is 11.1 Å². The third-order valence-electron chi connectivity index (χ3n) is 5.24. The summed E-state index contributed by atoms with van der Waals surface area (Å²) in [6.45, 7) is 2.71. The van der Waals surface area contributed by atoms with Gasteiger partial charge in [0.1, 0.15) is 5.52 Å². The van der Waals surface area contributed by atoms with E-state index < -0.39 is 17.8 Å². The molecule has 1 aromatic heterocycles. The molecule has 2 aromatic carbocycles. The van der Waals surface area contributed by atoms with Gasteiger partial charge >= 0.3 is 0 Å². The molecule has 1 saturated heterocycles. The van der Waals surface area contributed by atoms with E-state index in [2.05, 4.69) is 15.8 Å². The molecule has 2 amide bonds. The van der Waals surface area contributed by atoms with Crippen molar-refractivity contribution in [3.05, 3.63) is 54.3 Å². The topological polar surface area (TPSA) is 96.7 Å². The zero-order valence-electron chi connectivity index (χ0n) is 17.0. The molecule has 1 fully saturated rings. The molecule has 0 bridgehead atoms. The second-order valence-electron chi connectivity index (χ2n) is 7.39. The van der Waals surface area contributed by atoms with Crippen LogP contribution in [0, 0.1) is 11.7 Å². The minimum Gasteiger partial charge on any atom is -0.478 e. The van der Waals surface area contributed by atoms with Gasteiger partial charge in [-0.1, -0.05) is 24.3 Å². The van der Waals surface area contributed by atoms with Gasteiger partial charge in [0.25, 0.3) is 11.9 Å². The quantitative estimate of drug-likeness (QED) is 0.609. The number of hydrogen-bond donors (Lipinski definition) is 2. The molecule has 9 heteroatoms. The lowest BCUT2D eigenvalue weighted by Crippen LogP contribution is -2.50. The van der Waals surface area contributed by atoms with E-state index in [4.69, 9.17) is 9.15 Å². The third-order valence-corrected chi connectivity index (χ3v) is 5.24. The van der Waals surface area contributed by atoms with Gasteiger partial charge in [-0.15, -0.1) is 0 Å². The van der Waals surface area contributed by atoms with Gasteiger partial charge in [-0.25, -0.2) is 4.39 Å². The lowest BCUT2D eigenvalue weighted by atomic mass is 9.96. The van der Waals surface area contributed by atoms with Gasteiger partial charge in [0, 0.05) is 19.0 Å². The number of nitrogens with zero attached hydrogens (tertiary/aromatic N) is 2. The highest BCUT2D eigenvalue weighted by Gasteiger charge is 2.28. The number of hydrazine groups is 1. The summed E-state index contributed by atoms with van der Waals surface area (Å²) in [6, 6.07) is 13.9. The monoisotopic (exact) mass is 426 g/mol. The first-order chi connectivity index (χ1) is 15.0. The molecule has 1 aliphatic rings. The molecule has 3 aromatic rings. The SMILES string of the molecule is CC(Oc1ccccc1F)C(=O)NNC(=O)C1CCN(c2nc3ccccc3o2)CC1. The Morgan fingerprint density at radius 3 is 2.58 bits per heavy atom. The normalized spacial score (nSPS) is 15.5. The van der Waals surface area contributed by atoms with Crippen LogP contribution in [0.15, 0.2) is 52.9 Å². The number of amides is 2. The highest BCUT2D eigenvalue weighted by molar-refractivity contribution is 5.85. The molecule has 2 heterocycles. The van der Waals surface area contributed by atoms with E-state index in [1.165, 1.54) is 25.1 Å².